The molecule has 1 aromatic carbocycles. The van der Waals surface area contributed by atoms with Crippen LogP contribution in [0, 0.1) is 25.2 Å². The molecule has 5 heterocycles. The fraction of sp³-hybridized carbons (Fsp3) is 0.405. The SMILES string of the molecule is Cc1cc(-c2cc(Cl)ccc2OCCn2c(C)nc3cnc(CCOC4CCCCO4)c(C#N)c3c2=O)c2scc(C(=O)OC(C)(C)C)c2n1. The van der Waals surface area contributed by atoms with Crippen LogP contribution >= 0.6 is 22.9 Å². The van der Waals surface area contributed by atoms with Gasteiger partial charge in [0.25, 0.3) is 5.56 Å². The third kappa shape index (κ3) is 7.66. The number of aryl methyl sites for hydroxylation is 2. The molecule has 4 aromatic heterocycles. The predicted molar refractivity (Wildman–Crippen MR) is 192 cm³/mol. The molecule has 260 valence electrons. The molecule has 0 radical (unpaired) electrons. The maximum absolute atomic E-state index is 13.9. The number of rotatable bonds is 10. The molecule has 5 aromatic rings. The number of halogens is 1. The van der Waals surface area contributed by atoms with E-state index in [2.05, 4.69) is 21.0 Å². The van der Waals surface area contributed by atoms with Gasteiger partial charge in [-0.25, -0.2) is 9.78 Å². The molecule has 0 saturated carbocycles. The number of hydrogen-bond acceptors (Lipinski definition) is 11. The highest BCUT2D eigenvalue weighted by Gasteiger charge is 2.24. The normalized spacial score (nSPS) is 14.9. The first-order chi connectivity index (χ1) is 23.9. The van der Waals surface area contributed by atoms with Gasteiger partial charge in [-0.15, -0.1) is 11.3 Å². The molecule has 1 aliphatic heterocycles. The van der Waals surface area contributed by atoms with Crippen molar-refractivity contribution in [3.63, 3.8) is 0 Å². The molecule has 0 bridgehead atoms. The molecule has 0 spiro atoms. The van der Waals surface area contributed by atoms with Crippen LogP contribution in [0.5, 0.6) is 5.75 Å². The van der Waals surface area contributed by atoms with Crippen LogP contribution in [0.25, 0.3) is 32.2 Å². The Morgan fingerprint density at radius 3 is 2.72 bits per heavy atom. The van der Waals surface area contributed by atoms with Crippen LogP contribution in [0.15, 0.2) is 40.6 Å². The van der Waals surface area contributed by atoms with Crippen molar-refractivity contribution in [1.29, 1.82) is 5.26 Å². The number of ether oxygens (including phenoxy) is 4. The second-order valence-electron chi connectivity index (χ2n) is 13.1. The Labute approximate surface area is 298 Å². The third-order valence-electron chi connectivity index (χ3n) is 8.24. The van der Waals surface area contributed by atoms with Gasteiger partial charge in [-0.05, 0) is 78.1 Å². The van der Waals surface area contributed by atoms with Gasteiger partial charge in [0.15, 0.2) is 6.29 Å². The molecule has 11 nitrogen and oxygen atoms in total. The number of nitriles is 1. The first kappa shape index (κ1) is 35.4. The zero-order chi connectivity index (χ0) is 35.6. The second kappa shape index (κ2) is 14.8. The summed E-state index contributed by atoms with van der Waals surface area (Å²) in [5.74, 6) is 0.572. The molecule has 1 atom stereocenters. The summed E-state index contributed by atoms with van der Waals surface area (Å²) in [4.78, 5) is 40.7. The maximum atomic E-state index is 13.9. The molecule has 0 aliphatic carbocycles. The van der Waals surface area contributed by atoms with E-state index in [1.54, 1.807) is 24.4 Å². The molecule has 1 aliphatic rings. The number of benzene rings is 1. The van der Waals surface area contributed by atoms with Gasteiger partial charge in [-0.3, -0.25) is 19.3 Å². The summed E-state index contributed by atoms with van der Waals surface area (Å²) in [6.07, 6.45) is 4.55. The van der Waals surface area contributed by atoms with Gasteiger partial charge in [-0.2, -0.15) is 5.26 Å². The van der Waals surface area contributed by atoms with E-state index in [1.165, 1.54) is 22.1 Å². The number of carbonyl (C=O) groups is 1. The highest BCUT2D eigenvalue weighted by Crippen LogP contribution is 2.40. The highest BCUT2D eigenvalue weighted by atomic mass is 35.5. The lowest BCUT2D eigenvalue weighted by molar-refractivity contribution is -0.161. The average molecular weight is 716 g/mol. The van der Waals surface area contributed by atoms with E-state index in [0.29, 0.717) is 64.2 Å². The third-order valence-corrected chi connectivity index (χ3v) is 9.47. The van der Waals surface area contributed by atoms with Crippen LogP contribution in [0.2, 0.25) is 5.02 Å². The molecule has 0 amide bonds. The first-order valence-electron chi connectivity index (χ1n) is 16.5. The van der Waals surface area contributed by atoms with E-state index in [-0.39, 0.29) is 36.0 Å². The summed E-state index contributed by atoms with van der Waals surface area (Å²) in [6, 6.07) is 9.44. The topological polar surface area (TPSA) is 138 Å². The van der Waals surface area contributed by atoms with Crippen molar-refractivity contribution < 1.29 is 23.7 Å². The van der Waals surface area contributed by atoms with E-state index in [0.717, 1.165) is 35.1 Å². The van der Waals surface area contributed by atoms with Gasteiger partial charge >= 0.3 is 5.97 Å². The van der Waals surface area contributed by atoms with E-state index in [1.807, 2.05) is 39.8 Å². The number of fused-ring (bicyclic) bond motifs is 2. The van der Waals surface area contributed by atoms with Crippen LogP contribution in [0.4, 0.5) is 0 Å². The molecule has 50 heavy (non-hydrogen) atoms. The van der Waals surface area contributed by atoms with E-state index < -0.39 is 11.6 Å². The molecule has 6 rings (SSSR count). The minimum Gasteiger partial charge on any atom is -0.491 e. The van der Waals surface area contributed by atoms with Crippen molar-refractivity contribution in [2.75, 3.05) is 19.8 Å². The summed E-state index contributed by atoms with van der Waals surface area (Å²) in [5, 5.41) is 12.6. The van der Waals surface area contributed by atoms with Gasteiger partial charge in [-0.1, -0.05) is 11.6 Å². The summed E-state index contributed by atoms with van der Waals surface area (Å²) < 4.78 is 25.7. The van der Waals surface area contributed by atoms with E-state index >= 15 is 0 Å². The summed E-state index contributed by atoms with van der Waals surface area (Å²) >= 11 is 7.88. The minimum absolute atomic E-state index is 0.123. The number of nitrogens with zero attached hydrogens (tertiary/aromatic N) is 5. The molecular weight excluding hydrogens is 678 g/mol. The first-order valence-corrected chi connectivity index (χ1v) is 17.8. The van der Waals surface area contributed by atoms with Crippen LogP contribution in [0.1, 0.15) is 73.2 Å². The smallest absolute Gasteiger partial charge is 0.341 e. The van der Waals surface area contributed by atoms with Gasteiger partial charge in [0.2, 0.25) is 0 Å². The van der Waals surface area contributed by atoms with Crippen LogP contribution < -0.4 is 10.3 Å². The molecule has 13 heteroatoms. The molecule has 1 fully saturated rings. The molecule has 0 N–H and O–H groups in total. The Kier molecular flexibility index (Phi) is 10.5. The quantitative estimate of drug-likeness (QED) is 0.135. The lowest BCUT2D eigenvalue weighted by Gasteiger charge is -2.22. The highest BCUT2D eigenvalue weighted by molar-refractivity contribution is 7.18. The second-order valence-corrected chi connectivity index (χ2v) is 14.4. The fourth-order valence-corrected chi connectivity index (χ4v) is 7.14. The Hall–Kier alpha value is -4.41. The number of aromatic nitrogens is 4. The van der Waals surface area contributed by atoms with Crippen molar-refractivity contribution in [2.24, 2.45) is 0 Å². The minimum atomic E-state index is -0.652. The molecule has 1 unspecified atom stereocenters. The van der Waals surface area contributed by atoms with Crippen LogP contribution in [0.3, 0.4) is 0 Å². The largest absolute Gasteiger partial charge is 0.491 e. The predicted octanol–water partition coefficient (Wildman–Crippen LogP) is 7.33. The van der Waals surface area contributed by atoms with E-state index in [9.17, 15) is 14.9 Å². The van der Waals surface area contributed by atoms with Crippen molar-refractivity contribution in [2.45, 2.75) is 78.7 Å². The molecular formula is C37H38ClN5O6S. The monoisotopic (exact) mass is 715 g/mol. The summed E-state index contributed by atoms with van der Waals surface area (Å²) in [6.45, 7) is 10.4. The Bertz CT molecular complexity index is 2180. The van der Waals surface area contributed by atoms with E-state index in [4.69, 9.17) is 30.5 Å². The average Bonchev–Trinajstić information content (AvgIpc) is 3.50. The van der Waals surface area contributed by atoms with Crippen molar-refractivity contribution in [3.05, 3.63) is 79.6 Å². The van der Waals surface area contributed by atoms with Gasteiger partial charge < -0.3 is 18.9 Å². The van der Waals surface area contributed by atoms with Crippen LogP contribution in [-0.4, -0.2) is 57.2 Å². The maximum Gasteiger partial charge on any atom is 0.341 e. The zero-order valence-electron chi connectivity index (χ0n) is 28.7. The summed E-state index contributed by atoms with van der Waals surface area (Å²) in [5.41, 5.74) is 3.22. The van der Waals surface area contributed by atoms with Gasteiger partial charge in [0, 0.05) is 40.3 Å². The zero-order valence-corrected chi connectivity index (χ0v) is 30.2. The Morgan fingerprint density at radius 1 is 1.16 bits per heavy atom. The standard InChI is InChI=1S/C37H38ClN5O6S/c1-21-16-25(34-33(41-21)27(20-50-34)36(45)49-37(3,4)5)24-17-23(38)9-10-30(24)46-15-12-43-22(2)42-29-19-40-28(26(18-39)32(29)35(43)44)11-14-48-31-8-6-7-13-47-31/h9-10,16-17,19-20,31H,6-8,11-15H2,1-5H3. The number of pyridine rings is 2. The lowest BCUT2D eigenvalue weighted by atomic mass is 10.0. The van der Waals surface area contributed by atoms with Gasteiger partial charge in [0.1, 0.15) is 29.9 Å². The number of thiophene rings is 1. The summed E-state index contributed by atoms with van der Waals surface area (Å²) in [7, 11) is 0. The van der Waals surface area contributed by atoms with Gasteiger partial charge in [0.05, 0.1) is 57.3 Å². The fourth-order valence-electron chi connectivity index (χ4n) is 5.96. The van der Waals surface area contributed by atoms with Crippen molar-refractivity contribution in [3.8, 4) is 22.9 Å². The van der Waals surface area contributed by atoms with Crippen molar-refractivity contribution in [1.82, 2.24) is 19.5 Å². The van der Waals surface area contributed by atoms with Crippen molar-refractivity contribution >= 4 is 50.0 Å². The molecule has 1 saturated heterocycles. The Balaban J connectivity index is 1.26. The number of esters is 1. The lowest BCUT2D eigenvalue weighted by Crippen LogP contribution is -2.27. The number of carbonyl (C=O) groups excluding carboxylic acids is 1. The van der Waals surface area contributed by atoms with Crippen LogP contribution in [-0.2, 0) is 27.2 Å². The number of hydrogen-bond donors (Lipinski definition) is 0. The Morgan fingerprint density at radius 2 is 1.98 bits per heavy atom.